The average Bonchev–Trinajstić information content (AvgIpc) is 2.96. The zero-order valence-corrected chi connectivity index (χ0v) is 13.8. The SMILES string of the molecule is Cc1ccccc1-n1nnnc1SC(C)c1ccccc1Cl. The number of hydrogen-bond donors (Lipinski definition) is 0. The first-order valence-electron chi connectivity index (χ1n) is 6.92. The van der Waals surface area contributed by atoms with Gasteiger partial charge in [0.15, 0.2) is 0 Å². The van der Waals surface area contributed by atoms with Crippen LogP contribution in [0.1, 0.15) is 23.3 Å². The average molecular weight is 331 g/mol. The van der Waals surface area contributed by atoms with Crippen molar-refractivity contribution in [1.29, 1.82) is 0 Å². The molecule has 0 aliphatic carbocycles. The molecule has 3 aromatic rings. The molecule has 0 saturated carbocycles. The number of hydrogen-bond acceptors (Lipinski definition) is 4. The van der Waals surface area contributed by atoms with E-state index in [1.165, 1.54) is 0 Å². The number of halogens is 1. The molecule has 1 aromatic heterocycles. The first kappa shape index (κ1) is 15.1. The molecule has 0 saturated heterocycles. The first-order valence-corrected chi connectivity index (χ1v) is 8.18. The van der Waals surface area contributed by atoms with Crippen LogP contribution >= 0.6 is 23.4 Å². The van der Waals surface area contributed by atoms with Crippen LogP contribution in [0.5, 0.6) is 0 Å². The van der Waals surface area contributed by atoms with Crippen LogP contribution in [-0.2, 0) is 0 Å². The Kier molecular flexibility index (Phi) is 4.45. The van der Waals surface area contributed by atoms with Crippen molar-refractivity contribution in [3.05, 3.63) is 64.7 Å². The van der Waals surface area contributed by atoms with Gasteiger partial charge in [0, 0.05) is 10.3 Å². The minimum Gasteiger partial charge on any atom is -0.187 e. The van der Waals surface area contributed by atoms with E-state index in [0.717, 1.165) is 27.0 Å². The quantitative estimate of drug-likeness (QED) is 0.662. The summed E-state index contributed by atoms with van der Waals surface area (Å²) in [6.07, 6.45) is 0. The van der Waals surface area contributed by atoms with Crippen LogP contribution in [0.3, 0.4) is 0 Å². The Morgan fingerprint density at radius 2 is 1.82 bits per heavy atom. The van der Waals surface area contributed by atoms with Crippen molar-refractivity contribution < 1.29 is 0 Å². The summed E-state index contributed by atoms with van der Waals surface area (Å²) in [6.45, 7) is 4.14. The van der Waals surface area contributed by atoms with Gasteiger partial charge >= 0.3 is 0 Å². The Labute approximate surface area is 138 Å². The molecule has 0 aliphatic rings. The molecule has 112 valence electrons. The van der Waals surface area contributed by atoms with Gasteiger partial charge in [-0.15, -0.1) is 5.10 Å². The van der Waals surface area contributed by atoms with E-state index in [0.29, 0.717) is 0 Å². The zero-order chi connectivity index (χ0) is 15.5. The normalized spacial score (nSPS) is 12.3. The molecule has 2 aromatic carbocycles. The first-order chi connectivity index (χ1) is 10.7. The van der Waals surface area contributed by atoms with Gasteiger partial charge in [0.2, 0.25) is 5.16 Å². The molecule has 0 amide bonds. The van der Waals surface area contributed by atoms with E-state index in [-0.39, 0.29) is 5.25 Å². The van der Waals surface area contributed by atoms with Gasteiger partial charge in [-0.05, 0) is 47.5 Å². The van der Waals surface area contributed by atoms with Crippen LogP contribution in [-0.4, -0.2) is 20.2 Å². The van der Waals surface area contributed by atoms with Gasteiger partial charge in [0.25, 0.3) is 0 Å². The zero-order valence-electron chi connectivity index (χ0n) is 12.3. The predicted octanol–water partition coefficient (Wildman–Crippen LogP) is 4.48. The van der Waals surface area contributed by atoms with Crippen molar-refractivity contribution >= 4 is 23.4 Å². The number of tetrazole rings is 1. The molecule has 0 spiro atoms. The van der Waals surface area contributed by atoms with Gasteiger partial charge < -0.3 is 0 Å². The second kappa shape index (κ2) is 6.50. The summed E-state index contributed by atoms with van der Waals surface area (Å²) < 4.78 is 1.77. The lowest BCUT2D eigenvalue weighted by molar-refractivity contribution is 0.750. The number of aromatic nitrogens is 4. The maximum absolute atomic E-state index is 6.27. The molecule has 6 heteroatoms. The van der Waals surface area contributed by atoms with Crippen molar-refractivity contribution in [2.45, 2.75) is 24.3 Å². The molecule has 0 aliphatic heterocycles. The molecule has 0 radical (unpaired) electrons. The van der Waals surface area contributed by atoms with E-state index in [9.17, 15) is 0 Å². The highest BCUT2D eigenvalue weighted by Crippen LogP contribution is 2.37. The monoisotopic (exact) mass is 330 g/mol. The van der Waals surface area contributed by atoms with Gasteiger partial charge in [-0.25, -0.2) is 0 Å². The number of rotatable bonds is 4. The van der Waals surface area contributed by atoms with Crippen LogP contribution in [0.2, 0.25) is 5.02 Å². The van der Waals surface area contributed by atoms with Crippen molar-refractivity contribution in [3.8, 4) is 5.69 Å². The number of para-hydroxylation sites is 1. The minimum atomic E-state index is 0.155. The second-order valence-electron chi connectivity index (χ2n) is 4.94. The Morgan fingerprint density at radius 1 is 1.09 bits per heavy atom. The maximum Gasteiger partial charge on any atom is 0.214 e. The lowest BCUT2D eigenvalue weighted by Gasteiger charge is -2.13. The Balaban J connectivity index is 1.90. The largest absolute Gasteiger partial charge is 0.214 e. The van der Waals surface area contributed by atoms with Gasteiger partial charge in [0.1, 0.15) is 0 Å². The molecule has 1 atom stereocenters. The summed E-state index contributed by atoms with van der Waals surface area (Å²) in [7, 11) is 0. The molecule has 0 N–H and O–H groups in total. The van der Waals surface area contributed by atoms with Crippen LogP contribution in [0.4, 0.5) is 0 Å². The Morgan fingerprint density at radius 3 is 2.59 bits per heavy atom. The fourth-order valence-corrected chi connectivity index (χ4v) is 3.56. The third kappa shape index (κ3) is 3.00. The summed E-state index contributed by atoms with van der Waals surface area (Å²) in [5.41, 5.74) is 3.19. The van der Waals surface area contributed by atoms with Crippen molar-refractivity contribution in [2.75, 3.05) is 0 Å². The topological polar surface area (TPSA) is 43.6 Å². The molecular weight excluding hydrogens is 316 g/mol. The van der Waals surface area contributed by atoms with Crippen LogP contribution in [0.15, 0.2) is 53.7 Å². The number of aryl methyl sites for hydroxylation is 1. The lowest BCUT2D eigenvalue weighted by atomic mass is 10.2. The highest BCUT2D eigenvalue weighted by molar-refractivity contribution is 7.99. The molecule has 4 nitrogen and oxygen atoms in total. The minimum absolute atomic E-state index is 0.155. The molecular formula is C16H15ClN4S. The number of nitrogens with zero attached hydrogens (tertiary/aromatic N) is 4. The molecule has 0 bridgehead atoms. The van der Waals surface area contributed by atoms with E-state index >= 15 is 0 Å². The molecule has 22 heavy (non-hydrogen) atoms. The standard InChI is InChI=1S/C16H15ClN4S/c1-11-7-3-6-10-15(11)21-16(18-19-20-21)22-12(2)13-8-4-5-9-14(13)17/h3-10,12H,1-2H3. The van der Waals surface area contributed by atoms with E-state index in [1.807, 2.05) is 55.5 Å². The van der Waals surface area contributed by atoms with E-state index < -0.39 is 0 Å². The van der Waals surface area contributed by atoms with E-state index in [2.05, 4.69) is 22.4 Å². The third-order valence-corrected chi connectivity index (χ3v) is 4.83. The van der Waals surface area contributed by atoms with Gasteiger partial charge in [-0.3, -0.25) is 0 Å². The highest BCUT2D eigenvalue weighted by Gasteiger charge is 2.17. The highest BCUT2D eigenvalue weighted by atomic mass is 35.5. The van der Waals surface area contributed by atoms with Crippen LogP contribution in [0.25, 0.3) is 5.69 Å². The number of benzene rings is 2. The fourth-order valence-electron chi connectivity index (χ4n) is 2.23. The molecule has 3 rings (SSSR count). The Hall–Kier alpha value is -1.85. The van der Waals surface area contributed by atoms with Crippen LogP contribution < -0.4 is 0 Å². The van der Waals surface area contributed by atoms with Crippen LogP contribution in [0, 0.1) is 6.92 Å². The van der Waals surface area contributed by atoms with Crippen molar-refractivity contribution in [1.82, 2.24) is 20.2 Å². The van der Waals surface area contributed by atoms with Crippen molar-refractivity contribution in [2.24, 2.45) is 0 Å². The maximum atomic E-state index is 6.27. The summed E-state index contributed by atoms with van der Waals surface area (Å²) >= 11 is 7.86. The van der Waals surface area contributed by atoms with Crippen molar-refractivity contribution in [3.63, 3.8) is 0 Å². The third-order valence-electron chi connectivity index (χ3n) is 3.41. The summed E-state index contributed by atoms with van der Waals surface area (Å²) in [5, 5.41) is 13.8. The second-order valence-corrected chi connectivity index (χ2v) is 6.66. The molecule has 1 unspecified atom stereocenters. The lowest BCUT2D eigenvalue weighted by Crippen LogP contribution is -2.02. The van der Waals surface area contributed by atoms with Gasteiger partial charge in [0.05, 0.1) is 5.69 Å². The molecule has 1 heterocycles. The van der Waals surface area contributed by atoms with E-state index in [1.54, 1.807) is 16.4 Å². The predicted molar refractivity (Wildman–Crippen MR) is 89.6 cm³/mol. The van der Waals surface area contributed by atoms with E-state index in [4.69, 9.17) is 11.6 Å². The Bertz CT molecular complexity index is 787. The number of thioether (sulfide) groups is 1. The smallest absolute Gasteiger partial charge is 0.187 e. The van der Waals surface area contributed by atoms with Gasteiger partial charge in [-0.2, -0.15) is 4.68 Å². The molecule has 0 fully saturated rings. The summed E-state index contributed by atoms with van der Waals surface area (Å²) in [6, 6.07) is 15.9. The van der Waals surface area contributed by atoms with Gasteiger partial charge in [-0.1, -0.05) is 59.8 Å². The fraction of sp³-hybridized carbons (Fsp3) is 0.188. The summed E-state index contributed by atoms with van der Waals surface area (Å²) in [4.78, 5) is 0. The summed E-state index contributed by atoms with van der Waals surface area (Å²) in [5.74, 6) is 0.